The van der Waals surface area contributed by atoms with Gasteiger partial charge < -0.3 is 20.9 Å². The number of likely N-dealkylation sites (tertiary alicyclic amines) is 1. The average molecular weight is 435 g/mol. The molecular formula is C21H24Cl2N4O2. The highest BCUT2D eigenvalue weighted by atomic mass is 35.5. The van der Waals surface area contributed by atoms with Crippen LogP contribution in [0.15, 0.2) is 48.5 Å². The van der Waals surface area contributed by atoms with Crippen LogP contribution in [0.1, 0.15) is 12.0 Å². The summed E-state index contributed by atoms with van der Waals surface area (Å²) in [5, 5.41) is 4.04. The van der Waals surface area contributed by atoms with E-state index in [2.05, 4.69) is 5.32 Å². The summed E-state index contributed by atoms with van der Waals surface area (Å²) in [6.07, 6.45) is 0.795. The van der Waals surface area contributed by atoms with Crippen molar-refractivity contribution in [3.63, 3.8) is 0 Å². The monoisotopic (exact) mass is 434 g/mol. The molecule has 1 aliphatic heterocycles. The number of hydrogen-bond acceptors (Lipinski definition) is 4. The van der Waals surface area contributed by atoms with Crippen molar-refractivity contribution in [2.24, 2.45) is 5.73 Å². The van der Waals surface area contributed by atoms with Crippen molar-refractivity contribution in [3.8, 4) is 0 Å². The molecule has 8 heteroatoms. The first-order valence-electron chi connectivity index (χ1n) is 9.46. The van der Waals surface area contributed by atoms with Gasteiger partial charge in [0.2, 0.25) is 11.8 Å². The lowest BCUT2D eigenvalue weighted by Crippen LogP contribution is -2.44. The average Bonchev–Trinajstić information content (AvgIpc) is 3.12. The largest absolute Gasteiger partial charge is 0.353 e. The number of rotatable bonds is 7. The van der Waals surface area contributed by atoms with E-state index >= 15 is 0 Å². The predicted molar refractivity (Wildman–Crippen MR) is 116 cm³/mol. The number of carbonyl (C=O) groups is 2. The summed E-state index contributed by atoms with van der Waals surface area (Å²) < 4.78 is 0. The highest BCUT2D eigenvalue weighted by Crippen LogP contribution is 2.20. The van der Waals surface area contributed by atoms with Gasteiger partial charge in [0, 0.05) is 41.4 Å². The van der Waals surface area contributed by atoms with Gasteiger partial charge in [0.25, 0.3) is 0 Å². The normalized spacial score (nSPS) is 16.0. The van der Waals surface area contributed by atoms with Crippen molar-refractivity contribution in [2.45, 2.75) is 19.0 Å². The molecule has 1 fully saturated rings. The number of nitrogens with zero attached hydrogens (tertiary/aromatic N) is 2. The maximum atomic E-state index is 12.7. The van der Waals surface area contributed by atoms with Gasteiger partial charge in [-0.05, 0) is 42.3 Å². The SMILES string of the molecule is NC1CCN(C(=O)CN(CC(=O)NCc2cccc(Cl)c2)c2cccc(Cl)c2)C1. The van der Waals surface area contributed by atoms with Crippen molar-refractivity contribution >= 4 is 40.7 Å². The Morgan fingerprint density at radius 3 is 2.48 bits per heavy atom. The molecule has 0 radical (unpaired) electrons. The lowest BCUT2D eigenvalue weighted by atomic mass is 10.2. The van der Waals surface area contributed by atoms with Crippen LogP contribution in [0, 0.1) is 0 Å². The maximum Gasteiger partial charge on any atom is 0.242 e. The Kier molecular flexibility index (Phi) is 7.36. The molecule has 0 saturated carbocycles. The first kappa shape index (κ1) is 21.4. The molecule has 2 aromatic rings. The summed E-state index contributed by atoms with van der Waals surface area (Å²) in [5.41, 5.74) is 7.53. The predicted octanol–water partition coefficient (Wildman–Crippen LogP) is 2.68. The summed E-state index contributed by atoms with van der Waals surface area (Å²) in [7, 11) is 0. The first-order chi connectivity index (χ1) is 13.9. The molecule has 0 bridgehead atoms. The topological polar surface area (TPSA) is 78.7 Å². The molecule has 1 atom stereocenters. The Balaban J connectivity index is 1.65. The second-order valence-corrected chi connectivity index (χ2v) is 8.00. The molecule has 0 aromatic heterocycles. The van der Waals surface area contributed by atoms with E-state index < -0.39 is 0 Å². The van der Waals surface area contributed by atoms with Crippen molar-refractivity contribution in [1.29, 1.82) is 0 Å². The van der Waals surface area contributed by atoms with Crippen LogP contribution >= 0.6 is 23.2 Å². The lowest BCUT2D eigenvalue weighted by Gasteiger charge is -2.26. The van der Waals surface area contributed by atoms with Gasteiger partial charge in [-0.2, -0.15) is 0 Å². The number of halogens is 2. The van der Waals surface area contributed by atoms with Crippen LogP contribution in [0.4, 0.5) is 5.69 Å². The molecule has 2 amide bonds. The maximum absolute atomic E-state index is 12.7. The zero-order valence-corrected chi connectivity index (χ0v) is 17.5. The zero-order valence-electron chi connectivity index (χ0n) is 16.0. The third-order valence-corrected chi connectivity index (χ3v) is 5.26. The Bertz CT molecular complexity index is 877. The minimum absolute atomic E-state index is 0.0135. The third kappa shape index (κ3) is 6.35. The Hall–Kier alpha value is -2.28. The van der Waals surface area contributed by atoms with E-state index in [0.29, 0.717) is 35.4 Å². The molecule has 29 heavy (non-hydrogen) atoms. The van der Waals surface area contributed by atoms with E-state index in [9.17, 15) is 9.59 Å². The van der Waals surface area contributed by atoms with E-state index in [1.807, 2.05) is 18.2 Å². The van der Waals surface area contributed by atoms with Crippen LogP contribution in [0.25, 0.3) is 0 Å². The van der Waals surface area contributed by atoms with Crippen molar-refractivity contribution < 1.29 is 9.59 Å². The second-order valence-electron chi connectivity index (χ2n) is 7.13. The Morgan fingerprint density at radius 2 is 1.83 bits per heavy atom. The van der Waals surface area contributed by atoms with Gasteiger partial charge >= 0.3 is 0 Å². The van der Waals surface area contributed by atoms with E-state index in [0.717, 1.165) is 12.0 Å². The minimum atomic E-state index is -0.198. The van der Waals surface area contributed by atoms with Crippen molar-refractivity contribution in [1.82, 2.24) is 10.2 Å². The Labute approximate surface area is 180 Å². The minimum Gasteiger partial charge on any atom is -0.353 e. The molecule has 2 aromatic carbocycles. The fourth-order valence-electron chi connectivity index (χ4n) is 3.27. The van der Waals surface area contributed by atoms with E-state index in [4.69, 9.17) is 28.9 Å². The smallest absolute Gasteiger partial charge is 0.242 e. The van der Waals surface area contributed by atoms with Gasteiger partial charge in [0.1, 0.15) is 0 Å². The molecule has 3 N–H and O–H groups in total. The second kappa shape index (κ2) is 9.96. The van der Waals surface area contributed by atoms with E-state index in [1.54, 1.807) is 40.1 Å². The first-order valence-corrected chi connectivity index (χ1v) is 10.2. The van der Waals surface area contributed by atoms with Gasteiger partial charge in [-0.15, -0.1) is 0 Å². The molecular weight excluding hydrogens is 411 g/mol. The lowest BCUT2D eigenvalue weighted by molar-refractivity contribution is -0.128. The Morgan fingerprint density at radius 1 is 1.10 bits per heavy atom. The molecule has 1 unspecified atom stereocenters. The highest BCUT2D eigenvalue weighted by Gasteiger charge is 2.25. The summed E-state index contributed by atoms with van der Waals surface area (Å²) in [5.74, 6) is -0.253. The summed E-state index contributed by atoms with van der Waals surface area (Å²) in [4.78, 5) is 28.7. The molecule has 0 aliphatic carbocycles. The number of anilines is 1. The standard InChI is InChI=1S/C21H24Cl2N4O2/c22-16-4-1-3-15(9-16)11-25-20(28)13-27(19-6-2-5-17(23)10-19)14-21(29)26-8-7-18(24)12-26/h1-6,9-10,18H,7-8,11-14,24H2,(H,25,28). The summed E-state index contributed by atoms with van der Waals surface area (Å²) >= 11 is 12.1. The fourth-order valence-corrected chi connectivity index (χ4v) is 3.66. The van der Waals surface area contributed by atoms with Gasteiger partial charge in [0.05, 0.1) is 13.1 Å². The van der Waals surface area contributed by atoms with Crippen molar-refractivity contribution in [3.05, 3.63) is 64.1 Å². The number of benzene rings is 2. The molecule has 1 aliphatic rings. The van der Waals surface area contributed by atoms with Gasteiger partial charge in [-0.3, -0.25) is 9.59 Å². The number of nitrogens with one attached hydrogen (secondary N) is 1. The number of amides is 2. The summed E-state index contributed by atoms with van der Waals surface area (Å²) in [6.45, 7) is 1.66. The van der Waals surface area contributed by atoms with Gasteiger partial charge in [0.15, 0.2) is 0 Å². The van der Waals surface area contributed by atoms with E-state index in [-0.39, 0.29) is 30.9 Å². The van der Waals surface area contributed by atoms with Crippen LogP contribution in [-0.2, 0) is 16.1 Å². The van der Waals surface area contributed by atoms with Crippen LogP contribution in [-0.4, -0.2) is 48.9 Å². The molecule has 1 heterocycles. The van der Waals surface area contributed by atoms with Gasteiger partial charge in [-0.25, -0.2) is 0 Å². The fraction of sp³-hybridized carbons (Fsp3) is 0.333. The molecule has 0 spiro atoms. The number of nitrogens with two attached hydrogens (primary N) is 1. The number of carbonyl (C=O) groups excluding carboxylic acids is 2. The van der Waals surface area contributed by atoms with E-state index in [1.165, 1.54) is 0 Å². The molecule has 3 rings (SSSR count). The third-order valence-electron chi connectivity index (χ3n) is 4.79. The van der Waals surface area contributed by atoms with Gasteiger partial charge in [-0.1, -0.05) is 41.4 Å². The molecule has 1 saturated heterocycles. The number of hydrogen-bond donors (Lipinski definition) is 2. The van der Waals surface area contributed by atoms with Crippen molar-refractivity contribution in [2.75, 3.05) is 31.1 Å². The van der Waals surface area contributed by atoms with Crippen LogP contribution in [0.3, 0.4) is 0 Å². The molecule has 6 nitrogen and oxygen atoms in total. The van der Waals surface area contributed by atoms with Crippen LogP contribution < -0.4 is 16.0 Å². The molecule has 154 valence electrons. The summed E-state index contributed by atoms with van der Waals surface area (Å²) in [6, 6.07) is 14.4. The quantitative estimate of drug-likeness (QED) is 0.701. The van der Waals surface area contributed by atoms with Crippen LogP contribution in [0.5, 0.6) is 0 Å². The van der Waals surface area contributed by atoms with Crippen LogP contribution in [0.2, 0.25) is 10.0 Å². The highest BCUT2D eigenvalue weighted by molar-refractivity contribution is 6.31. The zero-order chi connectivity index (χ0) is 20.8.